The van der Waals surface area contributed by atoms with Crippen LogP contribution in [0, 0.1) is 0 Å². The molecule has 0 aliphatic heterocycles. The fraction of sp³-hybridized carbons (Fsp3) is 0.308. The monoisotopic (exact) mass is 319 g/mol. The lowest BCUT2D eigenvalue weighted by atomic mass is 10.2. The van der Waals surface area contributed by atoms with Crippen LogP contribution in [0.4, 0.5) is 13.2 Å². The highest BCUT2D eigenvalue weighted by molar-refractivity contribution is 7.97. The molecule has 0 fully saturated rings. The Morgan fingerprint density at radius 3 is 2.30 bits per heavy atom. The number of hydrogen-bond acceptors (Lipinski definition) is 4. The Labute approximate surface area is 122 Å². The minimum absolute atomic E-state index is 0.00670. The van der Waals surface area contributed by atoms with E-state index >= 15 is 0 Å². The molecular formula is C13H12F3NOS2. The highest BCUT2D eigenvalue weighted by Gasteiger charge is 2.33. The summed E-state index contributed by atoms with van der Waals surface area (Å²) in [5, 5.41) is 10.4. The van der Waals surface area contributed by atoms with Crippen molar-refractivity contribution in [2.45, 2.75) is 24.3 Å². The maximum absolute atomic E-state index is 12.4. The summed E-state index contributed by atoms with van der Waals surface area (Å²) in [6.45, 7) is 0.00670. The average molecular weight is 319 g/mol. The van der Waals surface area contributed by atoms with Crippen LogP contribution in [0.1, 0.15) is 21.8 Å². The molecule has 2 nitrogen and oxygen atoms in total. The van der Waals surface area contributed by atoms with Gasteiger partial charge >= 0.3 is 6.18 Å². The zero-order chi connectivity index (χ0) is 14.6. The second-order valence-corrected chi connectivity index (χ2v) is 6.02. The van der Waals surface area contributed by atoms with Crippen LogP contribution >= 0.6 is 23.1 Å². The molecule has 7 heteroatoms. The fourth-order valence-electron chi connectivity index (χ4n) is 1.50. The first kappa shape index (κ1) is 15.3. The molecule has 20 heavy (non-hydrogen) atoms. The molecule has 0 saturated heterocycles. The van der Waals surface area contributed by atoms with Crippen molar-refractivity contribution < 1.29 is 18.3 Å². The number of benzene rings is 1. The molecule has 1 heterocycles. The lowest BCUT2D eigenvalue weighted by molar-refractivity contribution is -0.140. The number of aromatic nitrogens is 1. The average Bonchev–Trinajstić information content (AvgIpc) is 2.88. The zero-order valence-corrected chi connectivity index (χ0v) is 12.0. The number of thioether (sulfide) groups is 1. The number of thiazole rings is 1. The molecule has 0 spiro atoms. The van der Waals surface area contributed by atoms with E-state index in [9.17, 15) is 13.2 Å². The third-order valence-electron chi connectivity index (χ3n) is 2.54. The van der Waals surface area contributed by atoms with Crippen molar-refractivity contribution in [3.05, 3.63) is 51.5 Å². The zero-order valence-electron chi connectivity index (χ0n) is 10.4. The molecule has 0 unspecified atom stereocenters. The number of aliphatic hydroxyl groups excluding tert-OH is 1. The van der Waals surface area contributed by atoms with E-state index in [2.05, 4.69) is 4.98 Å². The van der Waals surface area contributed by atoms with Gasteiger partial charge in [-0.25, -0.2) is 4.98 Å². The van der Waals surface area contributed by atoms with Crippen LogP contribution in [0.5, 0.6) is 0 Å². The minimum atomic E-state index is -4.36. The van der Waals surface area contributed by atoms with Gasteiger partial charge in [0, 0.05) is 16.9 Å². The number of rotatable bonds is 5. The van der Waals surface area contributed by atoms with Crippen LogP contribution in [0.15, 0.2) is 29.6 Å². The smallest absolute Gasteiger partial charge is 0.392 e. The molecule has 0 aliphatic carbocycles. The largest absolute Gasteiger partial charge is 0.434 e. The third-order valence-corrected chi connectivity index (χ3v) is 4.59. The van der Waals surface area contributed by atoms with Crippen molar-refractivity contribution in [1.82, 2.24) is 4.98 Å². The van der Waals surface area contributed by atoms with Gasteiger partial charge in [0.2, 0.25) is 0 Å². The molecule has 0 radical (unpaired) electrons. The Balaban J connectivity index is 1.84. The molecular weight excluding hydrogens is 307 g/mol. The normalized spacial score (nSPS) is 11.8. The van der Waals surface area contributed by atoms with E-state index < -0.39 is 11.9 Å². The Morgan fingerprint density at radius 2 is 1.75 bits per heavy atom. The quantitative estimate of drug-likeness (QED) is 0.901. The maximum atomic E-state index is 12.4. The molecule has 1 N–H and O–H groups in total. The molecule has 1 aromatic heterocycles. The molecule has 0 bridgehead atoms. The van der Waals surface area contributed by atoms with Gasteiger partial charge < -0.3 is 5.11 Å². The van der Waals surface area contributed by atoms with Crippen molar-refractivity contribution in [1.29, 1.82) is 0 Å². The maximum Gasteiger partial charge on any atom is 0.434 e. The number of halogens is 3. The molecule has 1 aromatic carbocycles. The minimum Gasteiger partial charge on any atom is -0.392 e. The molecule has 108 valence electrons. The summed E-state index contributed by atoms with van der Waals surface area (Å²) in [5.41, 5.74) is 1.10. The molecule has 0 saturated carbocycles. The van der Waals surface area contributed by atoms with Crippen LogP contribution in [-0.4, -0.2) is 10.1 Å². The van der Waals surface area contributed by atoms with Gasteiger partial charge in [0.1, 0.15) is 5.01 Å². The van der Waals surface area contributed by atoms with Crippen LogP contribution in [0.3, 0.4) is 0 Å². The number of aliphatic hydroxyl groups is 1. The van der Waals surface area contributed by atoms with E-state index in [1.54, 1.807) is 0 Å². The lowest BCUT2D eigenvalue weighted by Gasteiger charge is -2.02. The SMILES string of the molecule is OCc1ccc(CSCc2nc(C(F)(F)F)cs2)cc1. The molecule has 0 atom stereocenters. The van der Waals surface area contributed by atoms with Gasteiger partial charge in [-0.1, -0.05) is 24.3 Å². The van der Waals surface area contributed by atoms with Crippen molar-refractivity contribution in [2.75, 3.05) is 0 Å². The van der Waals surface area contributed by atoms with Gasteiger partial charge in [0.05, 0.1) is 6.61 Å². The highest BCUT2D eigenvalue weighted by Crippen LogP contribution is 2.31. The van der Waals surface area contributed by atoms with Crippen LogP contribution in [0.2, 0.25) is 0 Å². The number of nitrogens with zero attached hydrogens (tertiary/aromatic N) is 1. The summed E-state index contributed by atoms with van der Waals surface area (Å²) in [4.78, 5) is 3.58. The van der Waals surface area contributed by atoms with E-state index in [0.717, 1.165) is 27.8 Å². The first-order valence-corrected chi connectivity index (χ1v) is 7.80. The summed E-state index contributed by atoms with van der Waals surface area (Å²) >= 11 is 2.55. The van der Waals surface area contributed by atoms with E-state index in [0.29, 0.717) is 16.5 Å². The van der Waals surface area contributed by atoms with Crippen LogP contribution in [0.25, 0.3) is 0 Å². The Hall–Kier alpha value is -1.05. The standard InChI is InChI=1S/C13H12F3NOS2/c14-13(15,16)11-7-20-12(17-11)8-19-6-10-3-1-9(5-18)2-4-10/h1-4,7,18H,5-6,8H2. The summed E-state index contributed by atoms with van der Waals surface area (Å²) < 4.78 is 37.1. The third kappa shape index (κ3) is 4.22. The van der Waals surface area contributed by atoms with Gasteiger partial charge in [-0.15, -0.1) is 23.1 Å². The van der Waals surface area contributed by atoms with E-state index in [1.165, 1.54) is 11.8 Å². The molecule has 0 amide bonds. The van der Waals surface area contributed by atoms with Gasteiger partial charge in [0.15, 0.2) is 5.69 Å². The second-order valence-electron chi connectivity index (χ2n) is 4.09. The van der Waals surface area contributed by atoms with E-state index in [1.807, 2.05) is 24.3 Å². The second kappa shape index (κ2) is 6.60. The lowest BCUT2D eigenvalue weighted by Crippen LogP contribution is -2.05. The van der Waals surface area contributed by atoms with Crippen molar-refractivity contribution >= 4 is 23.1 Å². The summed E-state index contributed by atoms with van der Waals surface area (Å²) in [7, 11) is 0. The Kier molecular flexibility index (Phi) is 5.06. The first-order valence-electron chi connectivity index (χ1n) is 5.77. The van der Waals surface area contributed by atoms with Gasteiger partial charge in [-0.2, -0.15) is 13.2 Å². The van der Waals surface area contributed by atoms with Crippen molar-refractivity contribution in [3.63, 3.8) is 0 Å². The van der Waals surface area contributed by atoms with Gasteiger partial charge in [-0.05, 0) is 11.1 Å². The van der Waals surface area contributed by atoms with Crippen LogP contribution < -0.4 is 0 Å². The predicted octanol–water partition coefficient (Wildman–Crippen LogP) is 4.09. The summed E-state index contributed by atoms with van der Waals surface area (Å²) in [5.74, 6) is 1.16. The number of hydrogen-bond donors (Lipinski definition) is 1. The van der Waals surface area contributed by atoms with Gasteiger partial charge in [0.25, 0.3) is 0 Å². The fourth-order valence-corrected chi connectivity index (χ4v) is 3.38. The molecule has 2 rings (SSSR count). The molecule has 2 aromatic rings. The number of alkyl halides is 3. The Bertz CT molecular complexity index is 551. The highest BCUT2D eigenvalue weighted by atomic mass is 32.2. The van der Waals surface area contributed by atoms with Crippen LogP contribution in [-0.2, 0) is 24.3 Å². The topological polar surface area (TPSA) is 33.1 Å². The van der Waals surface area contributed by atoms with Crippen molar-refractivity contribution in [2.24, 2.45) is 0 Å². The van der Waals surface area contributed by atoms with E-state index in [4.69, 9.17) is 5.11 Å². The summed E-state index contributed by atoms with van der Waals surface area (Å²) in [6, 6.07) is 7.48. The first-order chi connectivity index (χ1) is 9.49. The Morgan fingerprint density at radius 1 is 1.10 bits per heavy atom. The van der Waals surface area contributed by atoms with Crippen molar-refractivity contribution in [3.8, 4) is 0 Å². The predicted molar refractivity (Wildman–Crippen MR) is 74.5 cm³/mol. The summed E-state index contributed by atoms with van der Waals surface area (Å²) in [6.07, 6.45) is -4.36. The van der Waals surface area contributed by atoms with Gasteiger partial charge in [-0.3, -0.25) is 0 Å². The molecule has 0 aliphatic rings. The van der Waals surface area contributed by atoms with E-state index in [-0.39, 0.29) is 6.61 Å².